The third-order valence-corrected chi connectivity index (χ3v) is 6.03. The van der Waals surface area contributed by atoms with Gasteiger partial charge in [-0.3, -0.25) is 0 Å². The van der Waals surface area contributed by atoms with E-state index in [1.165, 1.54) is 45.2 Å². The molecule has 1 aromatic heterocycles. The van der Waals surface area contributed by atoms with Gasteiger partial charge >= 0.3 is 0 Å². The molecule has 4 rings (SSSR count). The Kier molecular flexibility index (Phi) is 5.94. The molecule has 2 fully saturated rings. The van der Waals surface area contributed by atoms with Gasteiger partial charge in [0.2, 0.25) is 5.95 Å². The van der Waals surface area contributed by atoms with Crippen LogP contribution in [0.25, 0.3) is 0 Å². The lowest BCUT2D eigenvalue weighted by Crippen LogP contribution is -2.49. The molecule has 6 nitrogen and oxygen atoms in total. The molecule has 0 unspecified atom stereocenters. The second kappa shape index (κ2) is 8.76. The van der Waals surface area contributed by atoms with Gasteiger partial charge in [0.05, 0.1) is 17.8 Å². The topological polar surface area (TPSA) is 76.9 Å². The molecule has 0 saturated carbocycles. The molecule has 2 aliphatic rings. The Labute approximate surface area is 170 Å². The number of piperidine rings is 2. The van der Waals surface area contributed by atoms with Gasteiger partial charge in [-0.05, 0) is 62.9 Å². The van der Waals surface area contributed by atoms with Crippen molar-refractivity contribution in [3.8, 4) is 6.07 Å². The lowest BCUT2D eigenvalue weighted by molar-refractivity contribution is 0.0649. The standard InChI is InChI=1S/C21H25ClN6/c22-18-14-25-21(26-17-7-3-5-15(11-17)12-23)27-20(18)24-13-16-6-4-10-28-9-2-1-8-19(16)28/h3,5,7,11,14,16,19H,1-2,4,6,8-10,13H2,(H2,24,25,26,27)/t16-,19+/m0/s1. The first-order chi connectivity index (χ1) is 13.7. The maximum Gasteiger partial charge on any atom is 0.229 e. The summed E-state index contributed by atoms with van der Waals surface area (Å²) in [7, 11) is 0. The molecule has 7 heteroatoms. The van der Waals surface area contributed by atoms with Crippen LogP contribution in [0.5, 0.6) is 0 Å². The maximum absolute atomic E-state index is 9.04. The van der Waals surface area contributed by atoms with Gasteiger partial charge in [0.1, 0.15) is 5.02 Å². The van der Waals surface area contributed by atoms with Crippen molar-refractivity contribution in [1.82, 2.24) is 14.9 Å². The highest BCUT2D eigenvalue weighted by Gasteiger charge is 2.32. The SMILES string of the molecule is N#Cc1cccc(Nc2ncc(Cl)c(NC[C@@H]3CCCN4CCCC[C@H]34)n2)c1. The molecular weight excluding hydrogens is 372 g/mol. The number of hydrogen-bond donors (Lipinski definition) is 2. The average Bonchev–Trinajstić information content (AvgIpc) is 2.74. The number of aromatic nitrogens is 2. The number of nitriles is 1. The lowest BCUT2D eigenvalue weighted by Gasteiger charge is -2.44. The Morgan fingerprint density at radius 3 is 3.00 bits per heavy atom. The van der Waals surface area contributed by atoms with Crippen molar-refractivity contribution in [1.29, 1.82) is 5.26 Å². The van der Waals surface area contributed by atoms with Crippen molar-refractivity contribution in [2.45, 2.75) is 38.1 Å². The second-order valence-corrected chi connectivity index (χ2v) is 8.00. The first-order valence-corrected chi connectivity index (χ1v) is 10.4. The summed E-state index contributed by atoms with van der Waals surface area (Å²) < 4.78 is 0. The quantitative estimate of drug-likeness (QED) is 0.778. The summed E-state index contributed by atoms with van der Waals surface area (Å²) in [5.41, 5.74) is 1.36. The number of fused-ring (bicyclic) bond motifs is 1. The molecule has 3 heterocycles. The van der Waals surface area contributed by atoms with E-state index in [0.717, 1.165) is 12.2 Å². The van der Waals surface area contributed by atoms with E-state index in [9.17, 15) is 0 Å². The molecular formula is C21H25ClN6. The average molecular weight is 397 g/mol. The van der Waals surface area contributed by atoms with Gasteiger partial charge < -0.3 is 15.5 Å². The molecule has 2 aromatic rings. The van der Waals surface area contributed by atoms with Crippen LogP contribution in [0.15, 0.2) is 30.5 Å². The minimum Gasteiger partial charge on any atom is -0.368 e. The zero-order valence-electron chi connectivity index (χ0n) is 15.9. The van der Waals surface area contributed by atoms with E-state index in [1.807, 2.05) is 12.1 Å². The monoisotopic (exact) mass is 396 g/mol. The number of nitrogens with one attached hydrogen (secondary N) is 2. The van der Waals surface area contributed by atoms with E-state index in [4.69, 9.17) is 16.9 Å². The summed E-state index contributed by atoms with van der Waals surface area (Å²) in [4.78, 5) is 11.5. The first-order valence-electron chi connectivity index (χ1n) is 10.0. The molecule has 146 valence electrons. The van der Waals surface area contributed by atoms with Crippen LogP contribution in [0, 0.1) is 17.2 Å². The van der Waals surface area contributed by atoms with Crippen LogP contribution in [0.1, 0.15) is 37.7 Å². The van der Waals surface area contributed by atoms with Crippen LogP contribution in [0.2, 0.25) is 5.02 Å². The Morgan fingerprint density at radius 1 is 1.21 bits per heavy atom. The minimum atomic E-state index is 0.463. The molecule has 28 heavy (non-hydrogen) atoms. The molecule has 0 radical (unpaired) electrons. The van der Waals surface area contributed by atoms with E-state index >= 15 is 0 Å². The van der Waals surface area contributed by atoms with Crippen LogP contribution in [-0.4, -0.2) is 40.5 Å². The Balaban J connectivity index is 1.43. The van der Waals surface area contributed by atoms with Gasteiger partial charge in [0.15, 0.2) is 5.82 Å². The van der Waals surface area contributed by atoms with Crippen molar-refractivity contribution < 1.29 is 0 Å². The van der Waals surface area contributed by atoms with Crippen LogP contribution < -0.4 is 10.6 Å². The highest BCUT2D eigenvalue weighted by molar-refractivity contribution is 6.32. The fraction of sp³-hybridized carbons (Fsp3) is 0.476. The summed E-state index contributed by atoms with van der Waals surface area (Å²) in [6.07, 6.45) is 8.09. The van der Waals surface area contributed by atoms with Gasteiger partial charge in [0, 0.05) is 18.3 Å². The Hall–Kier alpha value is -2.36. The third kappa shape index (κ3) is 4.37. The van der Waals surface area contributed by atoms with Crippen LogP contribution in [-0.2, 0) is 0 Å². The molecule has 2 N–H and O–H groups in total. The normalized spacial score (nSPS) is 22.1. The maximum atomic E-state index is 9.04. The molecule has 2 atom stereocenters. The zero-order chi connectivity index (χ0) is 19.3. The summed E-state index contributed by atoms with van der Waals surface area (Å²) in [5, 5.41) is 16.2. The Morgan fingerprint density at radius 2 is 2.11 bits per heavy atom. The predicted octanol–water partition coefficient (Wildman–Crippen LogP) is 4.42. The number of anilines is 3. The van der Waals surface area contributed by atoms with Crippen molar-refractivity contribution in [2.24, 2.45) is 5.92 Å². The van der Waals surface area contributed by atoms with E-state index < -0.39 is 0 Å². The number of halogens is 1. The summed E-state index contributed by atoms with van der Waals surface area (Å²) >= 11 is 6.33. The molecule has 1 aromatic carbocycles. The molecule has 0 aliphatic carbocycles. The number of benzene rings is 1. The molecule has 0 amide bonds. The summed E-state index contributed by atoms with van der Waals surface area (Å²) in [6.45, 7) is 3.36. The van der Waals surface area contributed by atoms with Gasteiger partial charge in [-0.2, -0.15) is 10.2 Å². The highest BCUT2D eigenvalue weighted by atomic mass is 35.5. The van der Waals surface area contributed by atoms with E-state index in [1.54, 1.807) is 18.3 Å². The minimum absolute atomic E-state index is 0.463. The number of rotatable bonds is 5. The van der Waals surface area contributed by atoms with Gasteiger partial charge in [-0.25, -0.2) is 4.98 Å². The number of hydrogen-bond acceptors (Lipinski definition) is 6. The largest absolute Gasteiger partial charge is 0.368 e. The highest BCUT2D eigenvalue weighted by Crippen LogP contribution is 2.31. The predicted molar refractivity (Wildman–Crippen MR) is 112 cm³/mol. The van der Waals surface area contributed by atoms with Crippen molar-refractivity contribution in [2.75, 3.05) is 30.3 Å². The third-order valence-electron chi connectivity index (χ3n) is 5.75. The van der Waals surface area contributed by atoms with Crippen LogP contribution in [0.3, 0.4) is 0 Å². The molecule has 0 bridgehead atoms. The van der Waals surface area contributed by atoms with Gasteiger partial charge in [-0.15, -0.1) is 0 Å². The van der Waals surface area contributed by atoms with Crippen LogP contribution >= 0.6 is 11.6 Å². The van der Waals surface area contributed by atoms with E-state index in [2.05, 4.69) is 31.6 Å². The summed E-state index contributed by atoms with van der Waals surface area (Å²) in [6, 6.07) is 10.1. The smallest absolute Gasteiger partial charge is 0.229 e. The zero-order valence-corrected chi connectivity index (χ0v) is 16.6. The fourth-order valence-corrected chi connectivity index (χ4v) is 4.55. The van der Waals surface area contributed by atoms with Crippen molar-refractivity contribution in [3.63, 3.8) is 0 Å². The second-order valence-electron chi connectivity index (χ2n) is 7.59. The lowest BCUT2D eigenvalue weighted by atomic mass is 9.83. The first kappa shape index (κ1) is 19.0. The fourth-order valence-electron chi connectivity index (χ4n) is 4.39. The van der Waals surface area contributed by atoms with Gasteiger partial charge in [0.25, 0.3) is 0 Å². The van der Waals surface area contributed by atoms with Crippen molar-refractivity contribution >= 4 is 29.1 Å². The molecule has 2 aliphatic heterocycles. The number of nitrogens with zero attached hydrogens (tertiary/aromatic N) is 4. The van der Waals surface area contributed by atoms with Crippen LogP contribution in [0.4, 0.5) is 17.5 Å². The Bertz CT molecular complexity index is 862. The van der Waals surface area contributed by atoms with E-state index in [0.29, 0.717) is 34.3 Å². The molecule has 2 saturated heterocycles. The molecule has 0 spiro atoms. The van der Waals surface area contributed by atoms with Gasteiger partial charge in [-0.1, -0.05) is 24.1 Å². The van der Waals surface area contributed by atoms with Crippen molar-refractivity contribution in [3.05, 3.63) is 41.0 Å². The van der Waals surface area contributed by atoms with E-state index in [-0.39, 0.29) is 0 Å². The summed E-state index contributed by atoms with van der Waals surface area (Å²) in [5.74, 6) is 1.75.